The Bertz CT molecular complexity index is 523. The molecule has 4 heteroatoms. The molecule has 0 aliphatic rings. The highest BCUT2D eigenvalue weighted by atomic mass is 16.5. The Hall–Kier alpha value is -1.97. The van der Waals surface area contributed by atoms with Crippen LogP contribution in [0, 0.1) is 13.8 Å². The van der Waals surface area contributed by atoms with Crippen LogP contribution in [0.3, 0.4) is 0 Å². The molecule has 0 atom stereocenters. The number of ether oxygens (including phenoxy) is 1. The van der Waals surface area contributed by atoms with Gasteiger partial charge in [-0.05, 0) is 43.2 Å². The molecule has 0 fully saturated rings. The molecule has 2 aromatic rings. The monoisotopic (exact) mass is 245 g/mol. The van der Waals surface area contributed by atoms with Crippen LogP contribution in [0.25, 0.3) is 0 Å². The average molecular weight is 245 g/mol. The molecule has 0 spiro atoms. The number of hydrogen-bond donors (Lipinski definition) is 1. The average Bonchev–Trinajstić information content (AvgIpc) is 2.68. The van der Waals surface area contributed by atoms with E-state index in [1.165, 1.54) is 5.69 Å². The highest BCUT2D eigenvalue weighted by Gasteiger charge is 2.06. The summed E-state index contributed by atoms with van der Waals surface area (Å²) in [6.45, 7) is 4.68. The van der Waals surface area contributed by atoms with Gasteiger partial charge in [0, 0.05) is 31.0 Å². The first-order chi connectivity index (χ1) is 8.58. The molecule has 0 saturated carbocycles. The Morgan fingerprint density at radius 2 is 1.94 bits per heavy atom. The maximum absolute atomic E-state index is 5.85. The number of rotatable bonds is 4. The molecule has 0 unspecified atom stereocenters. The van der Waals surface area contributed by atoms with Crippen molar-refractivity contribution >= 4 is 5.69 Å². The zero-order valence-electron chi connectivity index (χ0n) is 11.1. The summed E-state index contributed by atoms with van der Waals surface area (Å²) in [6.07, 6.45) is 2.65. The predicted molar refractivity (Wildman–Crippen MR) is 72.7 cm³/mol. The van der Waals surface area contributed by atoms with E-state index in [0.717, 1.165) is 29.0 Å². The van der Waals surface area contributed by atoms with Crippen molar-refractivity contribution in [1.29, 1.82) is 0 Å². The van der Waals surface area contributed by atoms with E-state index in [-0.39, 0.29) is 0 Å². The lowest BCUT2D eigenvalue weighted by molar-refractivity contribution is 0.314. The Kier molecular flexibility index (Phi) is 3.55. The zero-order chi connectivity index (χ0) is 13.1. The molecular weight excluding hydrogens is 226 g/mol. The standard InChI is InChI=1S/C14H19N3O/c1-10-8-12(15)9-11(2)14(10)18-7-5-13-4-6-16-17(13)3/h4,6,8-9H,5,7,15H2,1-3H3. The Morgan fingerprint density at radius 3 is 2.50 bits per heavy atom. The Morgan fingerprint density at radius 1 is 1.28 bits per heavy atom. The maximum Gasteiger partial charge on any atom is 0.125 e. The molecule has 0 bridgehead atoms. The predicted octanol–water partition coefficient (Wildman–Crippen LogP) is 2.24. The van der Waals surface area contributed by atoms with Gasteiger partial charge in [-0.15, -0.1) is 0 Å². The number of hydrogen-bond acceptors (Lipinski definition) is 3. The topological polar surface area (TPSA) is 53.1 Å². The third-order valence-corrected chi connectivity index (χ3v) is 3.01. The molecule has 1 aromatic carbocycles. The number of aromatic nitrogens is 2. The van der Waals surface area contributed by atoms with E-state index >= 15 is 0 Å². The second kappa shape index (κ2) is 5.12. The lowest BCUT2D eigenvalue weighted by Crippen LogP contribution is -2.07. The smallest absolute Gasteiger partial charge is 0.125 e. The zero-order valence-corrected chi connectivity index (χ0v) is 11.1. The first-order valence-electron chi connectivity index (χ1n) is 6.04. The maximum atomic E-state index is 5.85. The SMILES string of the molecule is Cc1cc(N)cc(C)c1OCCc1ccnn1C. The molecule has 96 valence electrons. The van der Waals surface area contributed by atoms with Crippen molar-refractivity contribution in [1.82, 2.24) is 9.78 Å². The third-order valence-electron chi connectivity index (χ3n) is 3.01. The summed E-state index contributed by atoms with van der Waals surface area (Å²) in [6, 6.07) is 5.88. The second-order valence-corrected chi connectivity index (χ2v) is 4.53. The number of nitrogen functional groups attached to an aromatic ring is 1. The molecule has 0 aliphatic heterocycles. The fourth-order valence-electron chi connectivity index (χ4n) is 2.12. The summed E-state index contributed by atoms with van der Waals surface area (Å²) in [5, 5.41) is 4.13. The van der Waals surface area contributed by atoms with Crippen LogP contribution in [0.1, 0.15) is 16.8 Å². The fourth-order valence-corrected chi connectivity index (χ4v) is 2.12. The fraction of sp³-hybridized carbons (Fsp3) is 0.357. The third kappa shape index (κ3) is 2.64. The van der Waals surface area contributed by atoms with Crippen LogP contribution in [0.4, 0.5) is 5.69 Å². The Balaban J connectivity index is 2.01. The van der Waals surface area contributed by atoms with Gasteiger partial charge in [0.2, 0.25) is 0 Å². The molecule has 18 heavy (non-hydrogen) atoms. The van der Waals surface area contributed by atoms with Gasteiger partial charge in [-0.2, -0.15) is 5.10 Å². The van der Waals surface area contributed by atoms with Crippen LogP contribution in [-0.4, -0.2) is 16.4 Å². The Labute approximate surface area is 107 Å². The number of nitrogens with zero attached hydrogens (tertiary/aromatic N) is 2. The van der Waals surface area contributed by atoms with Crippen LogP contribution in [0.5, 0.6) is 5.75 Å². The van der Waals surface area contributed by atoms with Crippen LogP contribution in [0.15, 0.2) is 24.4 Å². The highest BCUT2D eigenvalue weighted by Crippen LogP contribution is 2.25. The molecule has 0 saturated heterocycles. The van der Waals surface area contributed by atoms with E-state index in [1.807, 2.05) is 43.8 Å². The summed E-state index contributed by atoms with van der Waals surface area (Å²) in [5.74, 6) is 0.936. The van der Waals surface area contributed by atoms with Gasteiger partial charge in [-0.1, -0.05) is 0 Å². The van der Waals surface area contributed by atoms with Crippen molar-refractivity contribution < 1.29 is 4.74 Å². The molecule has 2 N–H and O–H groups in total. The van der Waals surface area contributed by atoms with Crippen molar-refractivity contribution in [3.63, 3.8) is 0 Å². The van der Waals surface area contributed by atoms with Crippen molar-refractivity contribution in [3.8, 4) is 5.75 Å². The van der Waals surface area contributed by atoms with Crippen LogP contribution >= 0.6 is 0 Å². The summed E-state index contributed by atoms with van der Waals surface area (Å²) >= 11 is 0. The van der Waals surface area contributed by atoms with E-state index < -0.39 is 0 Å². The van der Waals surface area contributed by atoms with E-state index in [2.05, 4.69) is 5.10 Å². The second-order valence-electron chi connectivity index (χ2n) is 4.53. The molecule has 1 heterocycles. The summed E-state index contributed by atoms with van der Waals surface area (Å²) < 4.78 is 7.72. The van der Waals surface area contributed by atoms with Gasteiger partial charge in [0.1, 0.15) is 5.75 Å². The molecule has 4 nitrogen and oxygen atoms in total. The minimum Gasteiger partial charge on any atom is -0.493 e. The first-order valence-corrected chi connectivity index (χ1v) is 6.04. The number of aryl methyl sites for hydroxylation is 3. The van der Waals surface area contributed by atoms with Gasteiger partial charge in [-0.25, -0.2) is 0 Å². The number of benzene rings is 1. The van der Waals surface area contributed by atoms with Crippen LogP contribution < -0.4 is 10.5 Å². The minimum atomic E-state index is 0.644. The largest absolute Gasteiger partial charge is 0.493 e. The van der Waals surface area contributed by atoms with Gasteiger partial charge in [0.25, 0.3) is 0 Å². The van der Waals surface area contributed by atoms with Crippen molar-refractivity contribution in [2.24, 2.45) is 7.05 Å². The number of anilines is 1. The van der Waals surface area contributed by atoms with Gasteiger partial charge in [0.15, 0.2) is 0 Å². The summed E-state index contributed by atoms with van der Waals surface area (Å²) in [7, 11) is 1.94. The van der Waals surface area contributed by atoms with Crippen LogP contribution in [0.2, 0.25) is 0 Å². The van der Waals surface area contributed by atoms with E-state index in [4.69, 9.17) is 10.5 Å². The summed E-state index contributed by atoms with van der Waals surface area (Å²) in [5.41, 5.74) is 9.90. The van der Waals surface area contributed by atoms with E-state index in [0.29, 0.717) is 6.61 Å². The van der Waals surface area contributed by atoms with Crippen molar-refractivity contribution in [2.75, 3.05) is 12.3 Å². The normalized spacial score (nSPS) is 10.6. The molecule has 2 rings (SSSR count). The van der Waals surface area contributed by atoms with Crippen molar-refractivity contribution in [3.05, 3.63) is 41.2 Å². The molecule has 0 aliphatic carbocycles. The quantitative estimate of drug-likeness (QED) is 0.840. The molecule has 0 radical (unpaired) electrons. The first kappa shape index (κ1) is 12.5. The highest BCUT2D eigenvalue weighted by molar-refractivity contribution is 5.52. The van der Waals surface area contributed by atoms with E-state index in [9.17, 15) is 0 Å². The van der Waals surface area contributed by atoms with Gasteiger partial charge in [0.05, 0.1) is 6.61 Å². The van der Waals surface area contributed by atoms with E-state index in [1.54, 1.807) is 6.20 Å². The van der Waals surface area contributed by atoms with Gasteiger partial charge < -0.3 is 10.5 Å². The van der Waals surface area contributed by atoms with Gasteiger partial charge >= 0.3 is 0 Å². The van der Waals surface area contributed by atoms with Gasteiger partial charge in [-0.3, -0.25) is 4.68 Å². The molecule has 0 amide bonds. The lowest BCUT2D eigenvalue weighted by atomic mass is 10.1. The van der Waals surface area contributed by atoms with Crippen molar-refractivity contribution in [2.45, 2.75) is 20.3 Å². The molecule has 1 aromatic heterocycles. The van der Waals surface area contributed by atoms with Crippen LogP contribution in [-0.2, 0) is 13.5 Å². The summed E-state index contributed by atoms with van der Waals surface area (Å²) in [4.78, 5) is 0. The number of nitrogens with two attached hydrogens (primary N) is 1. The molecular formula is C14H19N3O. The lowest BCUT2D eigenvalue weighted by Gasteiger charge is -2.13. The minimum absolute atomic E-state index is 0.644.